The number of quaternary nitrogens is 1. The van der Waals surface area contributed by atoms with Crippen molar-refractivity contribution in [1.82, 2.24) is 0 Å². The first-order valence-corrected chi connectivity index (χ1v) is 5.13. The fourth-order valence-corrected chi connectivity index (χ4v) is 2.14. The van der Waals surface area contributed by atoms with Crippen molar-refractivity contribution in [3.63, 3.8) is 0 Å². The number of hydrogen-bond donors (Lipinski definition) is 0. The Morgan fingerprint density at radius 2 is 2.00 bits per heavy atom. The highest BCUT2D eigenvalue weighted by Crippen LogP contribution is 2.34. The van der Waals surface area contributed by atoms with Gasteiger partial charge < -0.3 is 17.1 Å². The SMILES string of the molecule is CCOC1(C)CCCC[N+]1(C)OC.[Cl-]. The number of halogens is 1. The molecule has 0 saturated carbocycles. The highest BCUT2D eigenvalue weighted by atomic mass is 35.5. The summed E-state index contributed by atoms with van der Waals surface area (Å²) >= 11 is 0. The second kappa shape index (κ2) is 5.31. The third kappa shape index (κ3) is 2.40. The highest BCUT2D eigenvalue weighted by molar-refractivity contribution is 4.67. The van der Waals surface area contributed by atoms with Crippen LogP contribution in [0, 0.1) is 0 Å². The summed E-state index contributed by atoms with van der Waals surface area (Å²) in [6, 6.07) is 0. The first kappa shape index (κ1) is 14.2. The number of hydroxylamine groups is 3. The minimum atomic E-state index is -0.151. The van der Waals surface area contributed by atoms with Gasteiger partial charge in [0.05, 0.1) is 13.7 Å². The monoisotopic (exact) mass is 223 g/mol. The molecule has 0 aromatic carbocycles. The Labute approximate surface area is 93.3 Å². The van der Waals surface area contributed by atoms with Gasteiger partial charge in [-0.05, 0) is 19.8 Å². The van der Waals surface area contributed by atoms with Crippen molar-refractivity contribution in [2.45, 2.75) is 38.8 Å². The van der Waals surface area contributed by atoms with Gasteiger partial charge in [0.25, 0.3) is 0 Å². The zero-order chi connectivity index (χ0) is 9.95. The lowest BCUT2D eigenvalue weighted by Crippen LogP contribution is -3.00. The lowest BCUT2D eigenvalue weighted by molar-refractivity contribution is -1.14. The summed E-state index contributed by atoms with van der Waals surface area (Å²) in [6.07, 6.45) is 3.56. The molecule has 1 heterocycles. The molecule has 0 radical (unpaired) electrons. The summed E-state index contributed by atoms with van der Waals surface area (Å²) in [7, 11) is 3.87. The van der Waals surface area contributed by atoms with Gasteiger partial charge in [0.1, 0.15) is 13.6 Å². The summed E-state index contributed by atoms with van der Waals surface area (Å²) in [5, 5.41) is 0. The van der Waals surface area contributed by atoms with E-state index in [1.807, 2.05) is 6.92 Å². The number of rotatable bonds is 3. The number of likely N-dealkylation sites (tertiary alicyclic amines) is 1. The maximum atomic E-state index is 5.82. The molecule has 4 heteroatoms. The molecule has 1 saturated heterocycles. The predicted octanol–water partition coefficient (Wildman–Crippen LogP) is -1.06. The molecule has 1 aliphatic rings. The molecule has 86 valence electrons. The largest absolute Gasteiger partial charge is 1.00 e. The first-order chi connectivity index (χ1) is 6.08. The maximum Gasteiger partial charge on any atom is 0.229 e. The topological polar surface area (TPSA) is 18.5 Å². The second-order valence-electron chi connectivity index (χ2n) is 4.07. The Hall–Kier alpha value is 0.170. The zero-order valence-corrected chi connectivity index (χ0v) is 10.4. The Morgan fingerprint density at radius 1 is 1.36 bits per heavy atom. The van der Waals surface area contributed by atoms with E-state index in [4.69, 9.17) is 9.57 Å². The molecule has 1 aliphatic heterocycles. The van der Waals surface area contributed by atoms with Crippen molar-refractivity contribution in [2.24, 2.45) is 0 Å². The van der Waals surface area contributed by atoms with E-state index in [-0.39, 0.29) is 18.1 Å². The van der Waals surface area contributed by atoms with Gasteiger partial charge in [-0.25, -0.2) is 4.84 Å². The van der Waals surface area contributed by atoms with Gasteiger partial charge >= 0.3 is 0 Å². The summed E-state index contributed by atoms with van der Waals surface area (Å²) in [5.41, 5.74) is -0.151. The molecule has 2 atom stereocenters. The molecule has 2 unspecified atom stereocenters. The number of hydrogen-bond acceptors (Lipinski definition) is 2. The Morgan fingerprint density at radius 3 is 2.50 bits per heavy atom. The van der Waals surface area contributed by atoms with Gasteiger partial charge in [0.2, 0.25) is 5.72 Å². The van der Waals surface area contributed by atoms with Crippen LogP contribution in [-0.2, 0) is 9.57 Å². The Kier molecular flexibility index (Phi) is 5.37. The standard InChI is InChI=1S/C10H22NO2.ClH/c1-5-13-10(2)8-6-7-9-11(10,3)12-4;/h5-9H2,1-4H3;1H/q+1;/p-1. The summed E-state index contributed by atoms with van der Waals surface area (Å²) < 4.78 is 6.41. The minimum absolute atomic E-state index is 0. The molecule has 0 aliphatic carbocycles. The predicted molar refractivity (Wildman–Crippen MR) is 51.9 cm³/mol. The number of nitrogens with zero attached hydrogens (tertiary/aromatic N) is 1. The second-order valence-corrected chi connectivity index (χ2v) is 4.07. The summed E-state index contributed by atoms with van der Waals surface area (Å²) in [4.78, 5) is 5.56. The highest BCUT2D eigenvalue weighted by Gasteiger charge is 2.48. The average molecular weight is 224 g/mol. The molecular weight excluding hydrogens is 202 g/mol. The van der Waals surface area contributed by atoms with Crippen LogP contribution < -0.4 is 12.4 Å². The van der Waals surface area contributed by atoms with Gasteiger partial charge in [-0.15, -0.1) is 0 Å². The van der Waals surface area contributed by atoms with Crippen molar-refractivity contribution in [1.29, 1.82) is 0 Å². The van der Waals surface area contributed by atoms with E-state index in [1.54, 1.807) is 7.11 Å². The smallest absolute Gasteiger partial charge is 0.229 e. The molecule has 0 amide bonds. The first-order valence-electron chi connectivity index (χ1n) is 5.13. The van der Waals surface area contributed by atoms with Gasteiger partial charge in [-0.1, -0.05) is 0 Å². The average Bonchev–Trinajstić information content (AvgIpc) is 2.11. The molecule has 1 rings (SSSR count). The molecular formula is C10H22ClNO2. The van der Waals surface area contributed by atoms with Crippen molar-refractivity contribution in [3.05, 3.63) is 0 Å². The van der Waals surface area contributed by atoms with Crippen LogP contribution in [0.2, 0.25) is 0 Å². The van der Waals surface area contributed by atoms with Crippen molar-refractivity contribution in [3.8, 4) is 0 Å². The van der Waals surface area contributed by atoms with Gasteiger partial charge in [0.15, 0.2) is 0 Å². The molecule has 0 bridgehead atoms. The van der Waals surface area contributed by atoms with Crippen molar-refractivity contribution in [2.75, 3.05) is 27.3 Å². The molecule has 14 heavy (non-hydrogen) atoms. The van der Waals surface area contributed by atoms with Crippen LogP contribution in [-0.4, -0.2) is 37.7 Å². The summed E-state index contributed by atoms with van der Waals surface area (Å²) in [5.74, 6) is 0. The van der Waals surface area contributed by atoms with Crippen LogP contribution in [0.3, 0.4) is 0 Å². The van der Waals surface area contributed by atoms with Crippen molar-refractivity contribution < 1.29 is 26.6 Å². The van der Waals surface area contributed by atoms with E-state index >= 15 is 0 Å². The van der Waals surface area contributed by atoms with Crippen LogP contribution in [0.5, 0.6) is 0 Å². The molecule has 0 aromatic heterocycles. The van der Waals surface area contributed by atoms with Gasteiger partial charge in [0, 0.05) is 13.3 Å². The third-order valence-electron chi connectivity index (χ3n) is 3.33. The van der Waals surface area contributed by atoms with E-state index in [1.165, 1.54) is 12.8 Å². The van der Waals surface area contributed by atoms with Gasteiger partial charge in [-0.2, -0.15) is 4.65 Å². The van der Waals surface area contributed by atoms with E-state index in [0.29, 0.717) is 4.65 Å². The molecule has 0 N–H and O–H groups in total. The molecule has 0 spiro atoms. The van der Waals surface area contributed by atoms with Gasteiger partial charge in [-0.3, -0.25) is 0 Å². The number of piperidine rings is 1. The molecule has 0 aromatic rings. The number of ether oxygens (including phenoxy) is 1. The summed E-state index contributed by atoms with van der Waals surface area (Å²) in [6.45, 7) is 6.00. The third-order valence-corrected chi connectivity index (χ3v) is 3.33. The molecule has 3 nitrogen and oxygen atoms in total. The van der Waals surface area contributed by atoms with E-state index in [2.05, 4.69) is 14.0 Å². The normalized spacial score (nSPS) is 37.7. The fourth-order valence-electron chi connectivity index (χ4n) is 2.14. The van der Waals surface area contributed by atoms with Crippen LogP contribution >= 0.6 is 0 Å². The minimum Gasteiger partial charge on any atom is -1.00 e. The zero-order valence-electron chi connectivity index (χ0n) is 9.68. The lowest BCUT2D eigenvalue weighted by Gasteiger charge is -2.47. The van der Waals surface area contributed by atoms with Crippen LogP contribution in [0.1, 0.15) is 33.1 Å². The maximum absolute atomic E-state index is 5.82. The van der Waals surface area contributed by atoms with Crippen LogP contribution in [0.4, 0.5) is 0 Å². The molecule has 1 fully saturated rings. The van der Waals surface area contributed by atoms with E-state index in [0.717, 1.165) is 19.6 Å². The van der Waals surface area contributed by atoms with Crippen molar-refractivity contribution >= 4 is 0 Å². The fraction of sp³-hybridized carbons (Fsp3) is 1.00. The van der Waals surface area contributed by atoms with Crippen LogP contribution in [0.25, 0.3) is 0 Å². The quantitative estimate of drug-likeness (QED) is 0.568. The van der Waals surface area contributed by atoms with E-state index in [9.17, 15) is 0 Å². The van der Waals surface area contributed by atoms with Crippen LogP contribution in [0.15, 0.2) is 0 Å². The lowest BCUT2D eigenvalue weighted by atomic mass is 10.00. The Balaban J connectivity index is 0.00000169. The Bertz CT molecular complexity index is 176. The van der Waals surface area contributed by atoms with E-state index < -0.39 is 0 Å².